The molecular formula is C19H22BrN3S. The summed E-state index contributed by atoms with van der Waals surface area (Å²) in [7, 11) is 0. The highest BCUT2D eigenvalue weighted by atomic mass is 79.9. The van der Waals surface area contributed by atoms with E-state index in [1.165, 1.54) is 15.6 Å². The summed E-state index contributed by atoms with van der Waals surface area (Å²) in [5.74, 6) is 0. The van der Waals surface area contributed by atoms with E-state index in [1.54, 1.807) is 0 Å². The molecule has 24 heavy (non-hydrogen) atoms. The quantitative estimate of drug-likeness (QED) is 0.770. The number of hydrogen-bond acceptors (Lipinski definition) is 2. The highest BCUT2D eigenvalue weighted by molar-refractivity contribution is 9.10. The average Bonchev–Trinajstić information content (AvgIpc) is 2.57. The van der Waals surface area contributed by atoms with Gasteiger partial charge < -0.3 is 10.2 Å². The van der Waals surface area contributed by atoms with Crippen LogP contribution in [0.15, 0.2) is 53.0 Å². The maximum Gasteiger partial charge on any atom is 0.173 e. The minimum Gasteiger partial charge on any atom is -0.346 e. The van der Waals surface area contributed by atoms with Crippen LogP contribution in [0.2, 0.25) is 0 Å². The normalized spacial score (nSPS) is 15.3. The molecule has 1 saturated heterocycles. The molecule has 0 aliphatic carbocycles. The van der Waals surface area contributed by atoms with E-state index in [0.29, 0.717) is 0 Å². The van der Waals surface area contributed by atoms with Crippen LogP contribution in [0.1, 0.15) is 11.1 Å². The van der Waals surface area contributed by atoms with Crippen molar-refractivity contribution in [3.8, 4) is 0 Å². The van der Waals surface area contributed by atoms with E-state index in [2.05, 4.69) is 86.5 Å². The molecule has 0 saturated carbocycles. The lowest BCUT2D eigenvalue weighted by molar-refractivity contribution is 0.176. The van der Waals surface area contributed by atoms with E-state index in [0.717, 1.165) is 43.5 Å². The molecule has 0 bridgehead atoms. The van der Waals surface area contributed by atoms with Crippen LogP contribution in [0.5, 0.6) is 0 Å². The summed E-state index contributed by atoms with van der Waals surface area (Å²) >= 11 is 9.21. The molecule has 5 heteroatoms. The number of nitrogens with one attached hydrogen (secondary N) is 1. The first-order valence-electron chi connectivity index (χ1n) is 8.20. The van der Waals surface area contributed by atoms with Crippen molar-refractivity contribution in [1.29, 1.82) is 0 Å². The summed E-state index contributed by atoms with van der Waals surface area (Å²) in [6, 6.07) is 16.8. The molecule has 3 rings (SSSR count). The third-order valence-electron chi connectivity index (χ3n) is 4.28. The lowest BCUT2D eigenvalue weighted by Crippen LogP contribution is -2.49. The van der Waals surface area contributed by atoms with Crippen LogP contribution in [0.4, 0.5) is 5.69 Å². The minimum absolute atomic E-state index is 0.821. The number of rotatable bonds is 3. The first-order valence-corrected chi connectivity index (χ1v) is 9.40. The van der Waals surface area contributed by atoms with Gasteiger partial charge in [0, 0.05) is 42.9 Å². The molecule has 1 aliphatic heterocycles. The molecule has 0 aromatic heterocycles. The van der Waals surface area contributed by atoms with Crippen molar-refractivity contribution in [3.05, 3.63) is 64.1 Å². The molecule has 0 atom stereocenters. The SMILES string of the molecule is Cc1cccc(NC(=S)N2CCN(Cc3ccccc3Br)CC2)c1. The van der Waals surface area contributed by atoms with E-state index >= 15 is 0 Å². The van der Waals surface area contributed by atoms with E-state index in [4.69, 9.17) is 12.2 Å². The summed E-state index contributed by atoms with van der Waals surface area (Å²) in [5.41, 5.74) is 3.64. The molecule has 1 fully saturated rings. The summed E-state index contributed by atoms with van der Waals surface area (Å²) < 4.78 is 1.18. The standard InChI is InChI=1S/C19H22BrN3S/c1-15-5-4-7-17(13-15)21-19(24)23-11-9-22(10-12-23)14-16-6-2-3-8-18(16)20/h2-8,13H,9-12,14H2,1H3,(H,21,24). The fourth-order valence-corrected chi connectivity index (χ4v) is 3.61. The van der Waals surface area contributed by atoms with Crippen molar-refractivity contribution in [1.82, 2.24) is 9.80 Å². The van der Waals surface area contributed by atoms with Gasteiger partial charge in [0.25, 0.3) is 0 Å². The van der Waals surface area contributed by atoms with Crippen LogP contribution < -0.4 is 5.32 Å². The Morgan fingerprint density at radius 1 is 1.08 bits per heavy atom. The molecule has 126 valence electrons. The van der Waals surface area contributed by atoms with Gasteiger partial charge in [0.05, 0.1) is 0 Å². The number of halogens is 1. The lowest BCUT2D eigenvalue weighted by atomic mass is 10.2. The van der Waals surface area contributed by atoms with Crippen LogP contribution in [0.25, 0.3) is 0 Å². The Hall–Kier alpha value is -1.43. The number of anilines is 1. The Kier molecular flexibility index (Phi) is 5.87. The van der Waals surface area contributed by atoms with Gasteiger partial charge in [0.2, 0.25) is 0 Å². The van der Waals surface area contributed by atoms with Crippen LogP contribution in [0, 0.1) is 6.92 Å². The van der Waals surface area contributed by atoms with E-state index in [-0.39, 0.29) is 0 Å². The molecule has 2 aromatic carbocycles. The van der Waals surface area contributed by atoms with Crippen LogP contribution in [-0.4, -0.2) is 41.1 Å². The van der Waals surface area contributed by atoms with Crippen molar-refractivity contribution < 1.29 is 0 Å². The van der Waals surface area contributed by atoms with Gasteiger partial charge in [0.1, 0.15) is 0 Å². The highest BCUT2D eigenvalue weighted by Crippen LogP contribution is 2.19. The summed E-state index contributed by atoms with van der Waals surface area (Å²) in [6.07, 6.45) is 0. The monoisotopic (exact) mass is 403 g/mol. The summed E-state index contributed by atoms with van der Waals surface area (Å²) in [5, 5.41) is 4.18. The van der Waals surface area contributed by atoms with Crippen LogP contribution >= 0.6 is 28.1 Å². The Bertz CT molecular complexity index is 711. The van der Waals surface area contributed by atoms with Gasteiger partial charge in [-0.05, 0) is 48.5 Å². The molecule has 2 aromatic rings. The molecule has 1 heterocycles. The molecule has 1 aliphatic rings. The number of piperazine rings is 1. The zero-order chi connectivity index (χ0) is 16.9. The maximum absolute atomic E-state index is 5.58. The van der Waals surface area contributed by atoms with Gasteiger partial charge in [-0.1, -0.05) is 46.3 Å². The number of benzene rings is 2. The van der Waals surface area contributed by atoms with Crippen LogP contribution in [0.3, 0.4) is 0 Å². The number of thiocarbonyl (C=S) groups is 1. The second kappa shape index (κ2) is 8.10. The summed E-state index contributed by atoms with van der Waals surface area (Å²) in [6.45, 7) is 7.04. The van der Waals surface area contributed by atoms with Gasteiger partial charge >= 0.3 is 0 Å². The molecule has 1 N–H and O–H groups in total. The largest absolute Gasteiger partial charge is 0.346 e. The Morgan fingerprint density at radius 2 is 1.83 bits per heavy atom. The fourth-order valence-electron chi connectivity index (χ4n) is 2.90. The third kappa shape index (κ3) is 4.56. The van der Waals surface area contributed by atoms with Crippen molar-refractivity contribution in [2.24, 2.45) is 0 Å². The molecule has 3 nitrogen and oxygen atoms in total. The van der Waals surface area contributed by atoms with Crippen molar-refractivity contribution in [2.75, 3.05) is 31.5 Å². The van der Waals surface area contributed by atoms with Crippen molar-refractivity contribution in [2.45, 2.75) is 13.5 Å². The average molecular weight is 404 g/mol. The highest BCUT2D eigenvalue weighted by Gasteiger charge is 2.19. The Labute approximate surface area is 157 Å². The van der Waals surface area contributed by atoms with E-state index in [9.17, 15) is 0 Å². The zero-order valence-electron chi connectivity index (χ0n) is 13.8. The second-order valence-electron chi connectivity index (χ2n) is 6.15. The van der Waals surface area contributed by atoms with E-state index < -0.39 is 0 Å². The molecular weight excluding hydrogens is 382 g/mol. The topological polar surface area (TPSA) is 18.5 Å². The number of nitrogens with zero attached hydrogens (tertiary/aromatic N) is 2. The van der Waals surface area contributed by atoms with Gasteiger partial charge in [-0.25, -0.2) is 0 Å². The smallest absolute Gasteiger partial charge is 0.173 e. The number of hydrogen-bond donors (Lipinski definition) is 1. The van der Waals surface area contributed by atoms with Crippen molar-refractivity contribution in [3.63, 3.8) is 0 Å². The lowest BCUT2D eigenvalue weighted by Gasteiger charge is -2.36. The third-order valence-corrected chi connectivity index (χ3v) is 5.41. The predicted octanol–water partition coefficient (Wildman–Crippen LogP) is 4.27. The van der Waals surface area contributed by atoms with Gasteiger partial charge in [-0.2, -0.15) is 0 Å². The fraction of sp³-hybridized carbons (Fsp3) is 0.316. The molecule has 0 amide bonds. The first-order chi connectivity index (χ1) is 11.6. The molecule has 0 radical (unpaired) electrons. The van der Waals surface area contributed by atoms with E-state index in [1.807, 2.05) is 0 Å². The Morgan fingerprint density at radius 3 is 2.54 bits per heavy atom. The van der Waals surface area contributed by atoms with Gasteiger partial charge in [-0.3, -0.25) is 4.90 Å². The van der Waals surface area contributed by atoms with Crippen molar-refractivity contribution >= 4 is 38.9 Å². The minimum atomic E-state index is 0.821. The summed E-state index contributed by atoms with van der Waals surface area (Å²) in [4.78, 5) is 4.74. The van der Waals surface area contributed by atoms with Crippen LogP contribution in [-0.2, 0) is 6.54 Å². The Balaban J connectivity index is 1.51. The first kappa shape index (κ1) is 17.4. The van der Waals surface area contributed by atoms with Gasteiger partial charge in [0.15, 0.2) is 5.11 Å². The molecule has 0 unspecified atom stereocenters. The zero-order valence-corrected chi connectivity index (χ0v) is 16.2. The molecule has 0 spiro atoms. The predicted molar refractivity (Wildman–Crippen MR) is 108 cm³/mol. The maximum atomic E-state index is 5.58. The number of aryl methyl sites for hydroxylation is 1. The van der Waals surface area contributed by atoms with Gasteiger partial charge in [-0.15, -0.1) is 0 Å². The second-order valence-corrected chi connectivity index (χ2v) is 7.40.